The summed E-state index contributed by atoms with van der Waals surface area (Å²) in [6.45, 7) is 4.19. The number of aromatic nitrogens is 2. The zero-order valence-electron chi connectivity index (χ0n) is 20.0. The molecule has 2 aromatic heterocycles. The summed E-state index contributed by atoms with van der Waals surface area (Å²) in [5.74, 6) is -0.676. The van der Waals surface area contributed by atoms with Crippen LogP contribution in [0.3, 0.4) is 0 Å². The van der Waals surface area contributed by atoms with Gasteiger partial charge in [0.05, 0.1) is 24.3 Å². The second kappa shape index (κ2) is 12.1. The third-order valence-corrected chi connectivity index (χ3v) is 8.26. The summed E-state index contributed by atoms with van der Waals surface area (Å²) in [5.41, 5.74) is 1.90. The second-order valence-electron chi connectivity index (χ2n) is 8.03. The molecule has 11 heteroatoms. The fraction of sp³-hybridized carbons (Fsp3) is 0.231. The molecule has 0 aliphatic heterocycles. The van der Waals surface area contributed by atoms with Gasteiger partial charge in [0.1, 0.15) is 9.71 Å². The second-order valence-corrected chi connectivity index (χ2v) is 10.8. The number of thiophene rings is 1. The number of nitrogens with zero attached hydrogens (tertiary/aromatic N) is 2. The molecular weight excluding hydrogens is 553 g/mol. The van der Waals surface area contributed by atoms with Crippen LogP contribution in [-0.2, 0) is 22.6 Å². The average molecular weight is 577 g/mol. The average Bonchev–Trinajstić information content (AvgIpc) is 3.21. The topological polar surface area (TPSA) is 90.3 Å². The molecular formula is C26H23Cl2N3O4S2. The molecule has 2 aromatic carbocycles. The van der Waals surface area contributed by atoms with Crippen LogP contribution in [0, 0.1) is 6.92 Å². The lowest BCUT2D eigenvalue weighted by molar-refractivity contribution is -0.118. The lowest BCUT2D eigenvalue weighted by Gasteiger charge is -2.13. The van der Waals surface area contributed by atoms with Gasteiger partial charge in [0, 0.05) is 16.6 Å². The molecule has 0 unspecified atom stereocenters. The lowest BCUT2D eigenvalue weighted by atomic mass is 10.2. The highest BCUT2D eigenvalue weighted by Crippen LogP contribution is 2.30. The van der Waals surface area contributed by atoms with E-state index in [2.05, 4.69) is 10.3 Å². The molecule has 0 saturated carbocycles. The molecule has 4 rings (SSSR count). The van der Waals surface area contributed by atoms with Gasteiger partial charge in [0.15, 0.2) is 5.16 Å². The molecule has 2 heterocycles. The van der Waals surface area contributed by atoms with E-state index in [1.807, 2.05) is 30.3 Å². The largest absolute Gasteiger partial charge is 0.462 e. The molecule has 0 spiro atoms. The van der Waals surface area contributed by atoms with E-state index in [9.17, 15) is 14.4 Å². The van der Waals surface area contributed by atoms with Crippen LogP contribution < -0.4 is 10.9 Å². The van der Waals surface area contributed by atoms with Gasteiger partial charge in [-0.1, -0.05) is 65.3 Å². The summed E-state index contributed by atoms with van der Waals surface area (Å²) in [5, 5.41) is 4.75. The monoisotopic (exact) mass is 575 g/mol. The van der Waals surface area contributed by atoms with E-state index < -0.39 is 5.97 Å². The molecule has 0 saturated heterocycles. The number of amides is 1. The van der Waals surface area contributed by atoms with Gasteiger partial charge < -0.3 is 10.1 Å². The van der Waals surface area contributed by atoms with Crippen molar-refractivity contribution in [1.29, 1.82) is 0 Å². The molecule has 4 aromatic rings. The van der Waals surface area contributed by atoms with Crippen LogP contribution in [-0.4, -0.2) is 33.8 Å². The molecule has 1 amide bonds. The number of benzene rings is 2. The minimum Gasteiger partial charge on any atom is -0.462 e. The Morgan fingerprint density at radius 3 is 2.57 bits per heavy atom. The molecule has 1 N–H and O–H groups in total. The lowest BCUT2D eigenvalue weighted by Crippen LogP contribution is -2.27. The van der Waals surface area contributed by atoms with E-state index in [4.69, 9.17) is 27.9 Å². The van der Waals surface area contributed by atoms with Crippen molar-refractivity contribution in [1.82, 2.24) is 14.9 Å². The highest BCUT2D eigenvalue weighted by Gasteiger charge is 2.23. The van der Waals surface area contributed by atoms with Crippen molar-refractivity contribution >= 4 is 68.4 Å². The number of fused-ring (bicyclic) bond motifs is 1. The minimum atomic E-state index is -0.486. The Kier molecular flexibility index (Phi) is 8.91. The Bertz CT molecular complexity index is 1520. The molecule has 0 aliphatic rings. The van der Waals surface area contributed by atoms with E-state index >= 15 is 0 Å². The highest BCUT2D eigenvalue weighted by molar-refractivity contribution is 7.99. The Balaban J connectivity index is 1.64. The van der Waals surface area contributed by atoms with Gasteiger partial charge >= 0.3 is 5.97 Å². The SMILES string of the molecule is CCOC(=O)c1sc2nc(SCC(=O)NCc3ccccc3Cl)n(Cc3ccc(Cl)cc3)c(=O)c2c1C. The summed E-state index contributed by atoms with van der Waals surface area (Å²) in [6, 6.07) is 14.4. The van der Waals surface area contributed by atoms with E-state index in [1.54, 1.807) is 32.0 Å². The van der Waals surface area contributed by atoms with Gasteiger partial charge in [-0.25, -0.2) is 9.78 Å². The van der Waals surface area contributed by atoms with Crippen LogP contribution in [0.2, 0.25) is 10.0 Å². The standard InChI is InChI=1S/C26H23Cl2N3O4S2/c1-3-35-25(34)22-15(2)21-23(37-22)30-26(31(24(21)33)13-16-8-10-18(27)11-9-16)36-14-20(32)29-12-17-6-4-5-7-19(17)28/h4-11H,3,12-14H2,1-2H3,(H,29,32). The number of halogens is 2. The van der Waals surface area contributed by atoms with E-state index in [0.717, 1.165) is 34.2 Å². The highest BCUT2D eigenvalue weighted by atomic mass is 35.5. The Hall–Kier alpha value is -2.85. The number of aryl methyl sites for hydroxylation is 1. The number of esters is 1. The smallest absolute Gasteiger partial charge is 0.348 e. The number of carbonyl (C=O) groups is 2. The quantitative estimate of drug-likeness (QED) is 0.156. The first-order chi connectivity index (χ1) is 17.8. The number of ether oxygens (including phenoxy) is 1. The van der Waals surface area contributed by atoms with Crippen LogP contribution in [0.25, 0.3) is 10.2 Å². The summed E-state index contributed by atoms with van der Waals surface area (Å²) in [6.07, 6.45) is 0. The number of hydrogen-bond donors (Lipinski definition) is 1. The molecule has 192 valence electrons. The Morgan fingerprint density at radius 2 is 1.86 bits per heavy atom. The van der Waals surface area contributed by atoms with Crippen LogP contribution in [0.1, 0.15) is 33.3 Å². The van der Waals surface area contributed by atoms with Gasteiger partial charge in [-0.05, 0) is 48.7 Å². The van der Waals surface area contributed by atoms with Gasteiger partial charge in [-0.2, -0.15) is 0 Å². The molecule has 0 atom stereocenters. The predicted molar refractivity (Wildman–Crippen MR) is 149 cm³/mol. The number of hydrogen-bond acceptors (Lipinski definition) is 7. The maximum Gasteiger partial charge on any atom is 0.348 e. The van der Waals surface area contributed by atoms with E-state index in [0.29, 0.717) is 35.9 Å². The zero-order valence-corrected chi connectivity index (χ0v) is 23.2. The predicted octanol–water partition coefficient (Wildman–Crippen LogP) is 5.71. The molecule has 0 fully saturated rings. The Labute approximate surface area is 231 Å². The summed E-state index contributed by atoms with van der Waals surface area (Å²) < 4.78 is 6.67. The van der Waals surface area contributed by atoms with Crippen molar-refractivity contribution < 1.29 is 14.3 Å². The van der Waals surface area contributed by atoms with Crippen LogP contribution in [0.5, 0.6) is 0 Å². The molecule has 0 radical (unpaired) electrons. The fourth-order valence-corrected chi connectivity index (χ4v) is 5.90. The fourth-order valence-electron chi connectivity index (χ4n) is 3.63. The van der Waals surface area contributed by atoms with Gasteiger partial charge in [-0.15, -0.1) is 11.3 Å². The minimum absolute atomic E-state index is 0.0398. The molecule has 0 aliphatic carbocycles. The third kappa shape index (κ3) is 6.35. The molecule has 7 nitrogen and oxygen atoms in total. The summed E-state index contributed by atoms with van der Waals surface area (Å²) in [4.78, 5) is 44.2. The first kappa shape index (κ1) is 27.2. The zero-order chi connectivity index (χ0) is 26.5. The van der Waals surface area contributed by atoms with Crippen molar-refractivity contribution in [3.8, 4) is 0 Å². The van der Waals surface area contributed by atoms with Crippen molar-refractivity contribution in [3.63, 3.8) is 0 Å². The first-order valence-electron chi connectivity index (χ1n) is 11.4. The summed E-state index contributed by atoms with van der Waals surface area (Å²) in [7, 11) is 0. The number of nitrogens with one attached hydrogen (secondary N) is 1. The van der Waals surface area contributed by atoms with E-state index in [-0.39, 0.29) is 36.9 Å². The molecule has 37 heavy (non-hydrogen) atoms. The third-order valence-electron chi connectivity index (χ3n) is 5.50. The van der Waals surface area contributed by atoms with E-state index in [1.165, 1.54) is 4.57 Å². The normalized spacial score (nSPS) is 11.0. The van der Waals surface area contributed by atoms with Crippen molar-refractivity contribution in [2.45, 2.75) is 32.1 Å². The maximum absolute atomic E-state index is 13.7. The van der Waals surface area contributed by atoms with Gasteiger partial charge in [0.2, 0.25) is 5.91 Å². The number of carbonyl (C=O) groups excluding carboxylic acids is 2. The van der Waals surface area contributed by atoms with Crippen LogP contribution >= 0.6 is 46.3 Å². The van der Waals surface area contributed by atoms with Crippen molar-refractivity contribution in [2.24, 2.45) is 0 Å². The first-order valence-corrected chi connectivity index (χ1v) is 13.9. The number of rotatable bonds is 9. The van der Waals surface area contributed by atoms with Crippen molar-refractivity contribution in [2.75, 3.05) is 12.4 Å². The van der Waals surface area contributed by atoms with Gasteiger partial charge in [-0.3, -0.25) is 14.2 Å². The Morgan fingerprint density at radius 1 is 1.14 bits per heavy atom. The van der Waals surface area contributed by atoms with Gasteiger partial charge in [0.25, 0.3) is 5.56 Å². The van der Waals surface area contributed by atoms with Crippen LogP contribution in [0.15, 0.2) is 58.5 Å². The van der Waals surface area contributed by atoms with Crippen LogP contribution in [0.4, 0.5) is 0 Å². The summed E-state index contributed by atoms with van der Waals surface area (Å²) >= 11 is 14.5. The van der Waals surface area contributed by atoms with Crippen molar-refractivity contribution in [3.05, 3.63) is 90.5 Å². The maximum atomic E-state index is 13.7. The number of thioether (sulfide) groups is 1. The molecule has 0 bridgehead atoms.